The van der Waals surface area contributed by atoms with Crippen molar-refractivity contribution in [3.8, 4) is 0 Å². The van der Waals surface area contributed by atoms with E-state index >= 15 is 0 Å². The molecule has 1 heterocycles. The van der Waals surface area contributed by atoms with E-state index in [2.05, 4.69) is 23.8 Å². The second-order valence-electron chi connectivity index (χ2n) is 2.40. The van der Waals surface area contributed by atoms with Crippen molar-refractivity contribution in [3.63, 3.8) is 0 Å². The lowest BCUT2D eigenvalue weighted by atomic mass is 10.2. The first kappa shape index (κ1) is 7.89. The number of hydrogen-bond acceptors (Lipinski definition) is 1. The Hall–Kier alpha value is -0.210. The maximum atomic E-state index is 5.45. The molecule has 0 aromatic heterocycles. The SMILES string of the molecule is CCC1=C[SH](CCN)C=C1. The van der Waals surface area contributed by atoms with E-state index in [0.717, 1.165) is 12.3 Å². The topological polar surface area (TPSA) is 26.0 Å². The summed E-state index contributed by atoms with van der Waals surface area (Å²) >= 11 is 0. The summed E-state index contributed by atoms with van der Waals surface area (Å²) in [6, 6.07) is 0. The van der Waals surface area contributed by atoms with Crippen LogP contribution in [0.15, 0.2) is 22.5 Å². The molecule has 0 fully saturated rings. The van der Waals surface area contributed by atoms with Crippen LogP contribution in [0.4, 0.5) is 0 Å². The van der Waals surface area contributed by atoms with Crippen LogP contribution in [-0.4, -0.2) is 12.3 Å². The Balaban J connectivity index is 2.41. The van der Waals surface area contributed by atoms with E-state index in [4.69, 9.17) is 5.73 Å². The minimum absolute atomic E-state index is 0.0421. The molecular weight excluding hydrogens is 142 g/mol. The van der Waals surface area contributed by atoms with Crippen LogP contribution in [0.3, 0.4) is 0 Å². The van der Waals surface area contributed by atoms with Gasteiger partial charge in [0.25, 0.3) is 0 Å². The molecule has 0 saturated carbocycles. The highest BCUT2D eigenvalue weighted by Gasteiger charge is 2.02. The van der Waals surface area contributed by atoms with Crippen molar-refractivity contribution >= 4 is 10.9 Å². The number of nitrogens with two attached hydrogens (primary N) is 1. The fourth-order valence-corrected chi connectivity index (χ4v) is 2.73. The first-order chi connectivity index (χ1) is 4.86. The van der Waals surface area contributed by atoms with E-state index < -0.39 is 0 Å². The Kier molecular flexibility index (Phi) is 3.03. The molecule has 0 bridgehead atoms. The maximum Gasteiger partial charge on any atom is 0.000284 e. The second-order valence-corrected chi connectivity index (χ2v) is 4.43. The van der Waals surface area contributed by atoms with Crippen LogP contribution in [-0.2, 0) is 0 Å². The summed E-state index contributed by atoms with van der Waals surface area (Å²) in [6.45, 7) is 3.01. The first-order valence-electron chi connectivity index (χ1n) is 3.71. The van der Waals surface area contributed by atoms with Crippen molar-refractivity contribution in [3.05, 3.63) is 22.5 Å². The number of thiol groups is 1. The first-order valence-corrected chi connectivity index (χ1v) is 5.38. The number of allylic oxidation sites excluding steroid dienone is 2. The molecule has 58 valence electrons. The van der Waals surface area contributed by atoms with E-state index in [0.29, 0.717) is 0 Å². The van der Waals surface area contributed by atoms with Crippen molar-refractivity contribution in [1.82, 2.24) is 0 Å². The molecule has 1 atom stereocenters. The molecule has 1 unspecified atom stereocenters. The summed E-state index contributed by atoms with van der Waals surface area (Å²) in [6.07, 6.45) is 3.40. The predicted octanol–water partition coefficient (Wildman–Crippen LogP) is 1.77. The normalized spacial score (nSPS) is 27.0. The lowest BCUT2D eigenvalue weighted by Gasteiger charge is -2.05. The van der Waals surface area contributed by atoms with Gasteiger partial charge in [-0.05, 0) is 28.6 Å². The van der Waals surface area contributed by atoms with E-state index in [1.807, 2.05) is 0 Å². The quantitative estimate of drug-likeness (QED) is 0.600. The van der Waals surface area contributed by atoms with E-state index in [1.165, 1.54) is 12.0 Å². The summed E-state index contributed by atoms with van der Waals surface area (Å²) in [5, 5.41) is 4.68. The molecule has 0 saturated heterocycles. The average molecular weight is 157 g/mol. The lowest BCUT2D eigenvalue weighted by molar-refractivity contribution is 1.15. The summed E-state index contributed by atoms with van der Waals surface area (Å²) < 4.78 is 0. The van der Waals surface area contributed by atoms with Crippen LogP contribution in [0.5, 0.6) is 0 Å². The van der Waals surface area contributed by atoms with Gasteiger partial charge in [0.15, 0.2) is 0 Å². The molecule has 0 aromatic rings. The Morgan fingerprint density at radius 2 is 2.40 bits per heavy atom. The summed E-state index contributed by atoms with van der Waals surface area (Å²) in [5.41, 5.74) is 6.93. The van der Waals surface area contributed by atoms with Crippen LogP contribution >= 0.6 is 10.9 Å². The summed E-state index contributed by atoms with van der Waals surface area (Å²) in [7, 11) is 0.0421. The predicted molar refractivity (Wildman–Crippen MR) is 50.4 cm³/mol. The van der Waals surface area contributed by atoms with Gasteiger partial charge in [0.2, 0.25) is 0 Å². The number of rotatable bonds is 3. The number of hydrogen-bond donors (Lipinski definition) is 2. The maximum absolute atomic E-state index is 5.45. The molecular formula is C8H15NS. The molecule has 1 nitrogen and oxygen atoms in total. The zero-order valence-electron chi connectivity index (χ0n) is 6.38. The monoisotopic (exact) mass is 157 g/mol. The lowest BCUT2D eigenvalue weighted by Crippen LogP contribution is -2.02. The van der Waals surface area contributed by atoms with Crippen LogP contribution in [0, 0.1) is 0 Å². The van der Waals surface area contributed by atoms with Gasteiger partial charge in [0.05, 0.1) is 0 Å². The van der Waals surface area contributed by atoms with Crippen molar-refractivity contribution in [2.45, 2.75) is 13.3 Å². The van der Waals surface area contributed by atoms with Gasteiger partial charge in [0.1, 0.15) is 0 Å². The molecule has 1 aliphatic rings. The van der Waals surface area contributed by atoms with Gasteiger partial charge in [-0.25, -0.2) is 10.9 Å². The van der Waals surface area contributed by atoms with Crippen molar-refractivity contribution in [2.75, 3.05) is 12.3 Å². The fraction of sp³-hybridized carbons (Fsp3) is 0.500. The molecule has 0 radical (unpaired) electrons. The zero-order chi connectivity index (χ0) is 7.40. The van der Waals surface area contributed by atoms with Gasteiger partial charge >= 0.3 is 0 Å². The van der Waals surface area contributed by atoms with Gasteiger partial charge < -0.3 is 5.73 Å². The molecule has 0 amide bonds. The molecule has 2 N–H and O–H groups in total. The highest BCUT2D eigenvalue weighted by atomic mass is 32.2. The van der Waals surface area contributed by atoms with Crippen LogP contribution in [0.25, 0.3) is 0 Å². The Bertz CT molecular complexity index is 161. The minimum atomic E-state index is 0.0421. The standard InChI is InChI=1S/C8H15NS/c1-2-8-3-5-10(7-8)6-4-9/h3,5,7,10H,2,4,6,9H2,1H3. The smallest absolute Gasteiger partial charge is 0.000284 e. The Labute approximate surface area is 65.3 Å². The van der Waals surface area contributed by atoms with Crippen LogP contribution < -0.4 is 5.73 Å². The summed E-state index contributed by atoms with van der Waals surface area (Å²) in [5.74, 6) is 1.16. The molecule has 0 aromatic carbocycles. The van der Waals surface area contributed by atoms with Gasteiger partial charge in [-0.3, -0.25) is 0 Å². The zero-order valence-corrected chi connectivity index (χ0v) is 7.27. The molecule has 2 heteroatoms. The molecule has 1 rings (SSSR count). The van der Waals surface area contributed by atoms with Crippen LogP contribution in [0.1, 0.15) is 13.3 Å². The largest absolute Gasteiger partial charge is 0.330 e. The Morgan fingerprint density at radius 3 is 2.90 bits per heavy atom. The van der Waals surface area contributed by atoms with E-state index in [1.54, 1.807) is 0 Å². The van der Waals surface area contributed by atoms with Gasteiger partial charge in [-0.15, -0.1) is 0 Å². The van der Waals surface area contributed by atoms with Gasteiger partial charge in [-0.2, -0.15) is 0 Å². The molecule has 10 heavy (non-hydrogen) atoms. The van der Waals surface area contributed by atoms with Gasteiger partial charge in [-0.1, -0.05) is 13.0 Å². The van der Waals surface area contributed by atoms with Crippen molar-refractivity contribution < 1.29 is 0 Å². The third kappa shape index (κ3) is 1.89. The highest BCUT2D eigenvalue weighted by Crippen LogP contribution is 2.35. The third-order valence-corrected chi connectivity index (χ3v) is 3.58. The van der Waals surface area contributed by atoms with Crippen molar-refractivity contribution in [2.24, 2.45) is 5.73 Å². The molecule has 0 spiro atoms. The Morgan fingerprint density at radius 1 is 1.60 bits per heavy atom. The minimum Gasteiger partial charge on any atom is -0.330 e. The average Bonchev–Trinajstić information content (AvgIpc) is 2.37. The second kappa shape index (κ2) is 3.84. The third-order valence-electron chi connectivity index (χ3n) is 1.61. The highest BCUT2D eigenvalue weighted by molar-refractivity contribution is 8.22. The van der Waals surface area contributed by atoms with E-state index in [9.17, 15) is 0 Å². The fourth-order valence-electron chi connectivity index (χ4n) is 0.988. The van der Waals surface area contributed by atoms with Crippen molar-refractivity contribution in [1.29, 1.82) is 0 Å². The molecule has 1 aliphatic heterocycles. The van der Waals surface area contributed by atoms with Gasteiger partial charge in [0, 0.05) is 6.54 Å². The van der Waals surface area contributed by atoms with E-state index in [-0.39, 0.29) is 10.9 Å². The summed E-state index contributed by atoms with van der Waals surface area (Å²) in [4.78, 5) is 0. The molecule has 0 aliphatic carbocycles. The van der Waals surface area contributed by atoms with Crippen LogP contribution in [0.2, 0.25) is 0 Å².